The maximum absolute atomic E-state index is 12.8. The Morgan fingerprint density at radius 1 is 1.16 bits per heavy atom. The van der Waals surface area contributed by atoms with E-state index < -0.39 is 46.3 Å². The Hall–Kier alpha value is -2.26. The average molecular weight is 385 g/mol. The molecule has 0 aliphatic carbocycles. The van der Waals surface area contributed by atoms with Crippen molar-refractivity contribution in [3.8, 4) is 0 Å². The molecule has 1 amide bonds. The molecule has 2 rings (SSSR count). The number of thiophene rings is 1. The van der Waals surface area contributed by atoms with Gasteiger partial charge in [-0.1, -0.05) is 6.07 Å². The first-order chi connectivity index (χ1) is 11.9. The molecule has 1 aromatic carbocycles. The van der Waals surface area contributed by atoms with Crippen LogP contribution in [-0.2, 0) is 30.7 Å². The fourth-order valence-electron chi connectivity index (χ4n) is 1.85. The number of hydrogen-bond donors (Lipinski definition) is 1. The number of nitrogens with one attached hydrogen (secondary N) is 1. The summed E-state index contributed by atoms with van der Waals surface area (Å²) in [6.07, 6.45) is -0.391. The summed E-state index contributed by atoms with van der Waals surface area (Å²) >= 11 is 1.49. The normalized spacial score (nSPS) is 11.1. The smallest absolute Gasteiger partial charge is 0.307 e. The number of amides is 1. The molecule has 1 heterocycles. The Kier molecular flexibility index (Phi) is 6.65. The van der Waals surface area contributed by atoms with Crippen LogP contribution in [0.25, 0.3) is 0 Å². The molecule has 1 aromatic heterocycles. The van der Waals surface area contributed by atoms with Crippen molar-refractivity contribution in [2.24, 2.45) is 0 Å². The molecule has 0 unspecified atom stereocenters. The molecule has 0 fully saturated rings. The third-order valence-corrected chi connectivity index (χ3v) is 5.76. The number of rotatable bonds is 8. The second-order valence-corrected chi connectivity index (χ2v) is 8.18. The zero-order chi connectivity index (χ0) is 18.3. The summed E-state index contributed by atoms with van der Waals surface area (Å²) in [5, 5.41) is 4.46. The molecule has 1 N–H and O–H groups in total. The van der Waals surface area contributed by atoms with E-state index in [-0.39, 0.29) is 4.90 Å². The molecule has 0 spiro atoms. The van der Waals surface area contributed by atoms with Crippen LogP contribution >= 0.6 is 11.3 Å². The molecule has 25 heavy (non-hydrogen) atoms. The Morgan fingerprint density at radius 2 is 1.88 bits per heavy atom. The Balaban J connectivity index is 1.72. The van der Waals surface area contributed by atoms with Crippen molar-refractivity contribution >= 4 is 33.1 Å². The maximum Gasteiger partial charge on any atom is 0.307 e. The van der Waals surface area contributed by atoms with Gasteiger partial charge < -0.3 is 10.1 Å². The quantitative estimate of drug-likeness (QED) is 0.554. The van der Waals surface area contributed by atoms with Gasteiger partial charge >= 0.3 is 5.97 Å². The summed E-state index contributed by atoms with van der Waals surface area (Å²) in [5.74, 6) is -2.29. The van der Waals surface area contributed by atoms with Crippen molar-refractivity contribution in [2.45, 2.75) is 17.9 Å². The van der Waals surface area contributed by atoms with E-state index in [0.717, 1.165) is 29.1 Å². The van der Waals surface area contributed by atoms with E-state index >= 15 is 0 Å². The predicted molar refractivity (Wildman–Crippen MR) is 90.2 cm³/mol. The summed E-state index contributed by atoms with van der Waals surface area (Å²) in [4.78, 5) is 24.0. The minimum atomic E-state index is -3.72. The molecule has 0 aliphatic rings. The largest absolute Gasteiger partial charge is 0.456 e. The van der Waals surface area contributed by atoms with Crippen molar-refractivity contribution in [3.63, 3.8) is 0 Å². The van der Waals surface area contributed by atoms with E-state index in [1.165, 1.54) is 11.3 Å². The lowest BCUT2D eigenvalue weighted by atomic mass is 10.4. The summed E-state index contributed by atoms with van der Waals surface area (Å²) in [5.41, 5.74) is 0. The van der Waals surface area contributed by atoms with Gasteiger partial charge in [-0.3, -0.25) is 9.59 Å². The first-order valence-electron chi connectivity index (χ1n) is 7.30. The van der Waals surface area contributed by atoms with Gasteiger partial charge in [0.1, 0.15) is 5.82 Å². The van der Waals surface area contributed by atoms with Crippen LogP contribution in [0, 0.1) is 5.82 Å². The van der Waals surface area contributed by atoms with E-state index in [2.05, 4.69) is 5.32 Å². The predicted octanol–water partition coefficient (Wildman–Crippen LogP) is 1.91. The highest BCUT2D eigenvalue weighted by Crippen LogP contribution is 2.13. The van der Waals surface area contributed by atoms with Crippen LogP contribution in [0.2, 0.25) is 0 Å². The van der Waals surface area contributed by atoms with Crippen LogP contribution < -0.4 is 5.32 Å². The topological polar surface area (TPSA) is 89.5 Å². The van der Waals surface area contributed by atoms with Crippen LogP contribution in [0.1, 0.15) is 11.3 Å². The third-order valence-electron chi connectivity index (χ3n) is 3.15. The van der Waals surface area contributed by atoms with E-state index in [0.29, 0.717) is 6.54 Å². The van der Waals surface area contributed by atoms with Gasteiger partial charge in [0, 0.05) is 4.88 Å². The molecule has 0 saturated carbocycles. The molecule has 0 aliphatic heterocycles. The van der Waals surface area contributed by atoms with Gasteiger partial charge in [-0.05, 0) is 35.7 Å². The second-order valence-electron chi connectivity index (χ2n) is 5.04. The van der Waals surface area contributed by atoms with E-state index in [1.807, 2.05) is 17.5 Å². The maximum atomic E-state index is 12.8. The zero-order valence-corrected chi connectivity index (χ0v) is 14.7. The lowest BCUT2D eigenvalue weighted by Crippen LogP contribution is -2.28. The number of halogens is 1. The van der Waals surface area contributed by atoms with Crippen LogP contribution in [0.3, 0.4) is 0 Å². The van der Waals surface area contributed by atoms with Gasteiger partial charge in [0.05, 0.1) is 23.6 Å². The fraction of sp³-hybridized carbons (Fsp3) is 0.250. The van der Waals surface area contributed by atoms with E-state index in [4.69, 9.17) is 4.74 Å². The molecule has 0 atom stereocenters. The lowest BCUT2D eigenvalue weighted by Gasteiger charge is -2.07. The van der Waals surface area contributed by atoms with Crippen molar-refractivity contribution in [2.75, 3.05) is 12.4 Å². The number of sulfone groups is 1. The molecule has 0 radical (unpaired) electrons. The Bertz CT molecular complexity index is 817. The van der Waals surface area contributed by atoms with E-state index in [1.54, 1.807) is 0 Å². The number of benzene rings is 1. The molecular weight excluding hydrogens is 369 g/mol. The number of hydrogen-bond acceptors (Lipinski definition) is 6. The van der Waals surface area contributed by atoms with Gasteiger partial charge in [-0.15, -0.1) is 11.3 Å². The first kappa shape index (κ1) is 19.1. The van der Waals surface area contributed by atoms with Crippen LogP contribution in [-0.4, -0.2) is 32.7 Å². The average Bonchev–Trinajstić information content (AvgIpc) is 3.10. The highest BCUT2D eigenvalue weighted by Gasteiger charge is 2.17. The summed E-state index contributed by atoms with van der Waals surface area (Å²) in [7, 11) is -3.72. The standard InChI is InChI=1S/C16H16FNO5S2/c17-12-3-5-14(6-4-12)25(21,22)9-7-16(20)23-11-15(19)18-10-13-2-1-8-24-13/h1-6,8H,7,9-11H2,(H,18,19). The molecule has 9 heteroatoms. The van der Waals surface area contributed by atoms with Gasteiger partial charge in [-0.2, -0.15) is 0 Å². The highest BCUT2D eigenvalue weighted by atomic mass is 32.2. The van der Waals surface area contributed by atoms with Crippen LogP contribution in [0.15, 0.2) is 46.7 Å². The number of carbonyl (C=O) groups excluding carboxylic acids is 2. The summed E-state index contributed by atoms with van der Waals surface area (Å²) < 4.78 is 41.6. The van der Waals surface area contributed by atoms with Gasteiger partial charge in [0.15, 0.2) is 16.4 Å². The second kappa shape index (κ2) is 8.72. The Morgan fingerprint density at radius 3 is 2.52 bits per heavy atom. The summed E-state index contributed by atoms with van der Waals surface area (Å²) in [6.45, 7) is -0.131. The highest BCUT2D eigenvalue weighted by molar-refractivity contribution is 7.91. The van der Waals surface area contributed by atoms with Crippen LogP contribution in [0.4, 0.5) is 4.39 Å². The molecule has 0 saturated heterocycles. The van der Waals surface area contributed by atoms with Crippen molar-refractivity contribution in [3.05, 3.63) is 52.5 Å². The first-order valence-corrected chi connectivity index (χ1v) is 9.83. The minimum Gasteiger partial charge on any atom is -0.456 e. The molecule has 134 valence electrons. The van der Waals surface area contributed by atoms with Gasteiger partial charge in [-0.25, -0.2) is 12.8 Å². The van der Waals surface area contributed by atoms with Gasteiger partial charge in [0.2, 0.25) is 0 Å². The number of carbonyl (C=O) groups is 2. The third kappa shape index (κ3) is 6.28. The monoisotopic (exact) mass is 385 g/mol. The minimum absolute atomic E-state index is 0.0737. The van der Waals surface area contributed by atoms with E-state index in [9.17, 15) is 22.4 Å². The van der Waals surface area contributed by atoms with Crippen molar-refractivity contribution in [1.82, 2.24) is 5.32 Å². The summed E-state index contributed by atoms with van der Waals surface area (Å²) in [6, 6.07) is 8.04. The van der Waals surface area contributed by atoms with Gasteiger partial charge in [0.25, 0.3) is 5.91 Å². The Labute approximate surface area is 148 Å². The number of esters is 1. The SMILES string of the molecule is O=C(COC(=O)CCS(=O)(=O)c1ccc(F)cc1)NCc1cccs1. The zero-order valence-electron chi connectivity index (χ0n) is 13.1. The fourth-order valence-corrected chi connectivity index (χ4v) is 3.71. The number of ether oxygens (including phenoxy) is 1. The lowest BCUT2D eigenvalue weighted by molar-refractivity contribution is -0.148. The molecule has 6 nitrogen and oxygen atoms in total. The molecule has 2 aromatic rings. The molecular formula is C16H16FNO5S2. The van der Waals surface area contributed by atoms with Crippen LogP contribution in [0.5, 0.6) is 0 Å². The van der Waals surface area contributed by atoms with Crippen molar-refractivity contribution < 1.29 is 27.1 Å². The molecule has 0 bridgehead atoms. The van der Waals surface area contributed by atoms with Crippen molar-refractivity contribution in [1.29, 1.82) is 0 Å².